The van der Waals surface area contributed by atoms with Crippen molar-refractivity contribution in [3.63, 3.8) is 0 Å². The fourth-order valence-corrected chi connectivity index (χ4v) is 10.8. The molecule has 0 radical (unpaired) electrons. The molecule has 0 saturated carbocycles. The molecule has 0 aliphatic rings. The van der Waals surface area contributed by atoms with Crippen molar-refractivity contribution in [1.82, 2.24) is 4.57 Å². The zero-order valence-electron chi connectivity index (χ0n) is 39.6. The summed E-state index contributed by atoms with van der Waals surface area (Å²) in [5.41, 5.74) is 21.0. The van der Waals surface area contributed by atoms with Crippen LogP contribution in [-0.2, 0) is 0 Å². The van der Waals surface area contributed by atoms with Gasteiger partial charge in [-0.05, 0) is 151 Å². The summed E-state index contributed by atoms with van der Waals surface area (Å²) in [6, 6.07) is 106. The second-order valence-electron chi connectivity index (χ2n) is 18.5. The van der Waals surface area contributed by atoms with E-state index in [9.17, 15) is 0 Å². The normalized spacial score (nSPS) is 11.3. The van der Waals surface area contributed by atoms with Gasteiger partial charge in [-0.2, -0.15) is 0 Å². The van der Waals surface area contributed by atoms with Crippen LogP contribution in [0, 0.1) is 0 Å². The minimum atomic E-state index is 1.07. The van der Waals surface area contributed by atoms with Crippen LogP contribution in [0.15, 0.2) is 291 Å². The molecule has 0 aliphatic carbocycles. The van der Waals surface area contributed by atoms with Crippen molar-refractivity contribution in [1.29, 1.82) is 0 Å². The van der Waals surface area contributed by atoms with E-state index in [0.29, 0.717) is 0 Å². The molecule has 0 amide bonds. The lowest BCUT2D eigenvalue weighted by Crippen LogP contribution is -2.11. The summed E-state index contributed by atoms with van der Waals surface area (Å²) in [4.78, 5) is 2.42. The molecule has 0 N–H and O–H groups in total. The molecule has 0 saturated heterocycles. The zero-order chi connectivity index (χ0) is 47.8. The standard InChI is InChI=1S/C70H48N2/c1-4-19-49(20-5-1)56-46-57(50-21-6-2-7-22-50)48-58(47-56)51-37-41-60(42-38-51)71(61-43-39-53(40-44-61)63-32-17-24-52-23-10-11-29-62(52)63)67-34-14-12-30-64(67)54-25-16-26-55(45-54)65-33-18-36-69-70(65)66-31-13-15-35-68(66)72(69)59-27-8-3-9-28-59/h1-48H. The molecule has 0 bridgehead atoms. The second-order valence-corrected chi connectivity index (χ2v) is 18.5. The Labute approximate surface area is 420 Å². The Morgan fingerprint density at radius 3 is 1.36 bits per heavy atom. The van der Waals surface area contributed by atoms with E-state index in [1.54, 1.807) is 0 Å². The van der Waals surface area contributed by atoms with Crippen LogP contribution in [0.4, 0.5) is 17.1 Å². The molecule has 12 aromatic carbocycles. The summed E-state index contributed by atoms with van der Waals surface area (Å²) in [6.45, 7) is 0. The molecule has 13 aromatic rings. The van der Waals surface area contributed by atoms with Gasteiger partial charge in [0.05, 0.1) is 16.7 Å². The van der Waals surface area contributed by atoms with Gasteiger partial charge in [0, 0.05) is 33.4 Å². The number of hydrogen-bond acceptors (Lipinski definition) is 1. The largest absolute Gasteiger partial charge is 0.310 e. The van der Waals surface area contributed by atoms with Gasteiger partial charge in [0.2, 0.25) is 0 Å². The maximum atomic E-state index is 2.42. The highest BCUT2D eigenvalue weighted by atomic mass is 15.1. The average molecular weight is 917 g/mol. The van der Waals surface area contributed by atoms with Gasteiger partial charge in [0.25, 0.3) is 0 Å². The lowest BCUT2D eigenvalue weighted by molar-refractivity contribution is 1.18. The van der Waals surface area contributed by atoms with E-state index in [0.717, 1.165) is 39.4 Å². The second kappa shape index (κ2) is 18.4. The van der Waals surface area contributed by atoms with E-state index >= 15 is 0 Å². The first kappa shape index (κ1) is 42.6. The van der Waals surface area contributed by atoms with Gasteiger partial charge in [-0.15, -0.1) is 0 Å². The van der Waals surface area contributed by atoms with Crippen LogP contribution >= 0.6 is 0 Å². The van der Waals surface area contributed by atoms with Gasteiger partial charge >= 0.3 is 0 Å². The number of nitrogens with zero attached hydrogens (tertiary/aromatic N) is 2. The van der Waals surface area contributed by atoms with Crippen molar-refractivity contribution in [2.24, 2.45) is 0 Å². The van der Waals surface area contributed by atoms with Crippen LogP contribution in [0.25, 0.3) is 105 Å². The van der Waals surface area contributed by atoms with Crippen LogP contribution in [0.2, 0.25) is 0 Å². The Hall–Kier alpha value is -9.50. The molecular formula is C70H48N2. The zero-order valence-corrected chi connectivity index (χ0v) is 39.6. The van der Waals surface area contributed by atoms with Crippen LogP contribution in [0.5, 0.6) is 0 Å². The molecule has 1 heterocycles. The average Bonchev–Trinajstić information content (AvgIpc) is 3.81. The van der Waals surface area contributed by atoms with Crippen molar-refractivity contribution >= 4 is 49.6 Å². The number of aromatic nitrogens is 1. The van der Waals surface area contributed by atoms with Crippen LogP contribution in [0.1, 0.15) is 0 Å². The van der Waals surface area contributed by atoms with Crippen molar-refractivity contribution < 1.29 is 0 Å². The van der Waals surface area contributed by atoms with Crippen LogP contribution in [-0.4, -0.2) is 4.57 Å². The van der Waals surface area contributed by atoms with Crippen LogP contribution < -0.4 is 4.90 Å². The van der Waals surface area contributed by atoms with Gasteiger partial charge in [0.15, 0.2) is 0 Å². The maximum Gasteiger partial charge on any atom is 0.0547 e. The third kappa shape index (κ3) is 7.82. The Balaban J connectivity index is 0.944. The van der Waals surface area contributed by atoms with Crippen LogP contribution in [0.3, 0.4) is 0 Å². The summed E-state index contributed by atoms with van der Waals surface area (Å²) < 4.78 is 2.39. The highest BCUT2D eigenvalue weighted by Crippen LogP contribution is 2.45. The van der Waals surface area contributed by atoms with Gasteiger partial charge in [-0.25, -0.2) is 0 Å². The lowest BCUT2D eigenvalue weighted by Gasteiger charge is -2.28. The number of hydrogen-bond donors (Lipinski definition) is 0. The number of anilines is 3. The summed E-state index contributed by atoms with van der Waals surface area (Å²) in [6.07, 6.45) is 0. The third-order valence-electron chi connectivity index (χ3n) is 14.2. The summed E-state index contributed by atoms with van der Waals surface area (Å²) in [5.74, 6) is 0. The Morgan fingerprint density at radius 1 is 0.250 bits per heavy atom. The molecule has 0 spiro atoms. The fraction of sp³-hybridized carbons (Fsp3) is 0. The van der Waals surface area contributed by atoms with Crippen molar-refractivity contribution in [2.75, 3.05) is 4.90 Å². The molecule has 0 unspecified atom stereocenters. The highest BCUT2D eigenvalue weighted by Gasteiger charge is 2.20. The Morgan fingerprint density at radius 2 is 0.681 bits per heavy atom. The van der Waals surface area contributed by atoms with E-state index < -0.39 is 0 Å². The predicted molar refractivity (Wildman–Crippen MR) is 306 cm³/mol. The SMILES string of the molecule is c1ccc(-c2cc(-c3ccccc3)cc(-c3ccc(N(c4ccc(-c5cccc6ccccc56)cc4)c4ccccc4-c4cccc(-c5cccc6c5c5ccccc5n6-c5ccccc5)c4)cc3)c2)cc1. The molecule has 2 heteroatoms. The van der Waals surface area contributed by atoms with Crippen molar-refractivity contribution in [3.05, 3.63) is 291 Å². The minimum absolute atomic E-state index is 1.07. The Bertz CT molecular complexity index is 4000. The maximum absolute atomic E-state index is 2.42. The molecule has 0 fully saturated rings. The van der Waals surface area contributed by atoms with Gasteiger partial charge in [0.1, 0.15) is 0 Å². The van der Waals surface area contributed by atoms with Crippen molar-refractivity contribution in [2.45, 2.75) is 0 Å². The number of para-hydroxylation sites is 3. The van der Waals surface area contributed by atoms with Gasteiger partial charge in [-0.1, -0.05) is 212 Å². The Kier molecular flexibility index (Phi) is 10.9. The first-order valence-electron chi connectivity index (χ1n) is 24.7. The molecular weight excluding hydrogens is 869 g/mol. The third-order valence-corrected chi connectivity index (χ3v) is 14.2. The number of rotatable bonds is 10. The first-order chi connectivity index (χ1) is 35.7. The molecule has 13 rings (SSSR count). The highest BCUT2D eigenvalue weighted by molar-refractivity contribution is 6.16. The van der Waals surface area contributed by atoms with E-state index in [2.05, 4.69) is 301 Å². The molecule has 338 valence electrons. The van der Waals surface area contributed by atoms with Gasteiger partial charge < -0.3 is 9.47 Å². The molecule has 2 nitrogen and oxygen atoms in total. The molecule has 0 atom stereocenters. The van der Waals surface area contributed by atoms with Gasteiger partial charge in [-0.3, -0.25) is 0 Å². The monoisotopic (exact) mass is 916 g/mol. The molecule has 0 aliphatic heterocycles. The summed E-state index contributed by atoms with van der Waals surface area (Å²) in [5, 5.41) is 4.97. The topological polar surface area (TPSA) is 8.17 Å². The summed E-state index contributed by atoms with van der Waals surface area (Å²) >= 11 is 0. The quantitative estimate of drug-likeness (QED) is 0.133. The van der Waals surface area contributed by atoms with E-state index in [1.807, 2.05) is 0 Å². The first-order valence-corrected chi connectivity index (χ1v) is 24.7. The van der Waals surface area contributed by atoms with E-state index in [4.69, 9.17) is 0 Å². The number of fused-ring (bicyclic) bond motifs is 4. The molecule has 72 heavy (non-hydrogen) atoms. The minimum Gasteiger partial charge on any atom is -0.310 e. The smallest absolute Gasteiger partial charge is 0.0547 e. The van der Waals surface area contributed by atoms with E-state index in [-0.39, 0.29) is 0 Å². The van der Waals surface area contributed by atoms with Crippen molar-refractivity contribution in [3.8, 4) is 72.4 Å². The number of benzene rings is 12. The fourth-order valence-electron chi connectivity index (χ4n) is 10.8. The molecule has 1 aromatic heterocycles. The van der Waals surface area contributed by atoms with E-state index in [1.165, 1.54) is 82.6 Å². The lowest BCUT2D eigenvalue weighted by atomic mass is 9.93. The predicted octanol–water partition coefficient (Wildman–Crippen LogP) is 19.4. The summed E-state index contributed by atoms with van der Waals surface area (Å²) in [7, 11) is 0.